The lowest BCUT2D eigenvalue weighted by Gasteiger charge is -2.20. The minimum Gasteiger partial charge on any atom is -0.465 e. The van der Waals surface area contributed by atoms with Gasteiger partial charge in [-0.3, -0.25) is 14.9 Å². The smallest absolute Gasteiger partial charge is 0.323 e. The average Bonchev–Trinajstić information content (AvgIpc) is 3.13. The number of thiophene rings is 1. The molecular formula is C18H22N2O3S. The van der Waals surface area contributed by atoms with Gasteiger partial charge in [0.25, 0.3) is 0 Å². The van der Waals surface area contributed by atoms with Crippen molar-refractivity contribution in [2.75, 3.05) is 20.2 Å². The van der Waals surface area contributed by atoms with E-state index in [0.29, 0.717) is 19.6 Å². The molecule has 0 saturated carbocycles. The van der Waals surface area contributed by atoms with E-state index in [-0.39, 0.29) is 17.9 Å². The van der Waals surface area contributed by atoms with Gasteiger partial charge in [-0.2, -0.15) is 0 Å². The molecule has 1 amide bonds. The second kappa shape index (κ2) is 7.32. The second-order valence-corrected chi connectivity index (χ2v) is 6.94. The summed E-state index contributed by atoms with van der Waals surface area (Å²) in [6.07, 6.45) is 1.24. The van der Waals surface area contributed by atoms with Crippen LogP contribution in [0.1, 0.15) is 18.9 Å². The predicted molar refractivity (Wildman–Crippen MR) is 95.1 cm³/mol. The summed E-state index contributed by atoms with van der Waals surface area (Å²) in [7, 11) is 1.79. The van der Waals surface area contributed by atoms with Crippen LogP contribution < -0.4 is 5.32 Å². The first kappa shape index (κ1) is 16.9. The minimum absolute atomic E-state index is 0.0412. The molecule has 3 rings (SSSR count). The van der Waals surface area contributed by atoms with Crippen LogP contribution in [0, 0.1) is 0 Å². The number of likely N-dealkylation sites (tertiary alicyclic amines) is 1. The summed E-state index contributed by atoms with van der Waals surface area (Å²) in [4.78, 5) is 26.2. The summed E-state index contributed by atoms with van der Waals surface area (Å²) in [5.41, 5.74) is 1.11. The van der Waals surface area contributed by atoms with Gasteiger partial charge in [-0.1, -0.05) is 18.2 Å². The monoisotopic (exact) mass is 346 g/mol. The quantitative estimate of drug-likeness (QED) is 0.815. The van der Waals surface area contributed by atoms with Crippen molar-refractivity contribution < 1.29 is 14.3 Å². The maximum absolute atomic E-state index is 12.4. The lowest BCUT2D eigenvalue weighted by Crippen LogP contribution is -2.48. The Morgan fingerprint density at radius 1 is 1.46 bits per heavy atom. The SMILES string of the molecule is CCOC(=O)C(Cc1csc2ccccc12)NC1CCN(C)C1=O. The minimum atomic E-state index is -0.511. The molecular weight excluding hydrogens is 324 g/mol. The number of hydrogen-bond acceptors (Lipinski definition) is 5. The molecule has 2 heterocycles. The van der Waals surface area contributed by atoms with E-state index in [9.17, 15) is 9.59 Å². The number of carbonyl (C=O) groups is 2. The number of ether oxygens (including phenoxy) is 1. The van der Waals surface area contributed by atoms with Crippen LogP contribution >= 0.6 is 11.3 Å². The molecule has 1 aromatic carbocycles. The van der Waals surface area contributed by atoms with Gasteiger partial charge < -0.3 is 9.64 Å². The zero-order valence-electron chi connectivity index (χ0n) is 14.0. The summed E-state index contributed by atoms with van der Waals surface area (Å²) in [5.74, 6) is -0.255. The molecule has 5 nitrogen and oxygen atoms in total. The van der Waals surface area contributed by atoms with Gasteiger partial charge in [0.05, 0.1) is 12.6 Å². The van der Waals surface area contributed by atoms with Crippen molar-refractivity contribution in [3.63, 3.8) is 0 Å². The molecule has 0 bridgehead atoms. The molecule has 2 unspecified atom stereocenters. The molecule has 6 heteroatoms. The summed E-state index contributed by atoms with van der Waals surface area (Å²) >= 11 is 1.67. The molecule has 1 fully saturated rings. The molecule has 2 aromatic rings. The maximum atomic E-state index is 12.4. The molecule has 0 aliphatic carbocycles. The van der Waals surface area contributed by atoms with Crippen molar-refractivity contribution >= 4 is 33.3 Å². The topological polar surface area (TPSA) is 58.6 Å². The predicted octanol–water partition coefficient (Wildman–Crippen LogP) is 2.20. The van der Waals surface area contributed by atoms with Gasteiger partial charge in [-0.25, -0.2) is 0 Å². The second-order valence-electron chi connectivity index (χ2n) is 6.03. The fraction of sp³-hybridized carbons (Fsp3) is 0.444. The van der Waals surface area contributed by atoms with Crippen molar-refractivity contribution in [3.8, 4) is 0 Å². The van der Waals surface area contributed by atoms with Crippen LogP contribution in [0.5, 0.6) is 0 Å². The van der Waals surface area contributed by atoms with Crippen molar-refractivity contribution in [2.45, 2.75) is 31.8 Å². The van der Waals surface area contributed by atoms with E-state index in [1.54, 1.807) is 30.2 Å². The highest BCUT2D eigenvalue weighted by molar-refractivity contribution is 7.17. The molecule has 1 N–H and O–H groups in total. The summed E-state index contributed by atoms with van der Waals surface area (Å²) in [6.45, 7) is 2.84. The van der Waals surface area contributed by atoms with Gasteiger partial charge in [0.2, 0.25) is 5.91 Å². The van der Waals surface area contributed by atoms with Gasteiger partial charge in [0.1, 0.15) is 6.04 Å². The summed E-state index contributed by atoms with van der Waals surface area (Å²) in [5, 5.41) is 6.47. The first-order valence-corrected chi connectivity index (χ1v) is 9.11. The number of likely N-dealkylation sites (N-methyl/N-ethyl adjacent to an activating group) is 1. The van der Waals surface area contributed by atoms with Gasteiger partial charge in [-0.05, 0) is 42.2 Å². The van der Waals surface area contributed by atoms with Crippen LogP contribution in [0.4, 0.5) is 0 Å². The highest BCUT2D eigenvalue weighted by Crippen LogP contribution is 2.27. The third-order valence-corrected chi connectivity index (χ3v) is 5.40. The molecule has 1 aliphatic rings. The number of nitrogens with zero attached hydrogens (tertiary/aromatic N) is 1. The van der Waals surface area contributed by atoms with Crippen LogP contribution in [0.25, 0.3) is 10.1 Å². The Hall–Kier alpha value is -1.92. The molecule has 0 radical (unpaired) electrons. The number of benzene rings is 1. The Kier molecular flexibility index (Phi) is 5.16. The van der Waals surface area contributed by atoms with E-state index in [0.717, 1.165) is 17.4 Å². The van der Waals surface area contributed by atoms with Crippen molar-refractivity contribution in [1.29, 1.82) is 0 Å². The van der Waals surface area contributed by atoms with Gasteiger partial charge >= 0.3 is 5.97 Å². The standard InChI is InChI=1S/C18H22N2O3S/c1-3-23-18(22)15(19-14-8-9-20(2)17(14)21)10-12-11-24-16-7-5-4-6-13(12)16/h4-7,11,14-15,19H,3,8-10H2,1-2H3. The highest BCUT2D eigenvalue weighted by atomic mass is 32.1. The Labute approximate surface area is 145 Å². The van der Waals surface area contributed by atoms with E-state index in [1.165, 1.54) is 4.70 Å². The number of rotatable bonds is 6. The van der Waals surface area contributed by atoms with Crippen LogP contribution in [0.15, 0.2) is 29.6 Å². The van der Waals surface area contributed by atoms with Gasteiger partial charge in [-0.15, -0.1) is 11.3 Å². The van der Waals surface area contributed by atoms with E-state index in [2.05, 4.69) is 22.8 Å². The Morgan fingerprint density at radius 3 is 2.96 bits per heavy atom. The molecule has 1 aromatic heterocycles. The van der Waals surface area contributed by atoms with E-state index in [4.69, 9.17) is 4.74 Å². The van der Waals surface area contributed by atoms with Crippen LogP contribution in [-0.2, 0) is 20.7 Å². The molecule has 1 aliphatic heterocycles. The molecule has 1 saturated heterocycles. The molecule has 24 heavy (non-hydrogen) atoms. The fourth-order valence-electron chi connectivity index (χ4n) is 3.08. The number of carbonyl (C=O) groups excluding carboxylic acids is 2. The number of amides is 1. The molecule has 128 valence electrons. The van der Waals surface area contributed by atoms with Crippen molar-refractivity contribution in [2.24, 2.45) is 0 Å². The molecule has 2 atom stereocenters. The van der Waals surface area contributed by atoms with Crippen molar-refractivity contribution in [3.05, 3.63) is 35.2 Å². The zero-order valence-corrected chi connectivity index (χ0v) is 14.8. The van der Waals surface area contributed by atoms with Gasteiger partial charge in [0.15, 0.2) is 0 Å². The Morgan fingerprint density at radius 2 is 2.25 bits per heavy atom. The number of esters is 1. The number of fused-ring (bicyclic) bond motifs is 1. The fourth-order valence-corrected chi connectivity index (χ4v) is 4.06. The zero-order chi connectivity index (χ0) is 17.1. The Balaban J connectivity index is 1.79. The lowest BCUT2D eigenvalue weighted by atomic mass is 10.0. The summed E-state index contributed by atoms with van der Waals surface area (Å²) < 4.78 is 6.42. The summed E-state index contributed by atoms with van der Waals surface area (Å²) in [6, 6.07) is 7.33. The number of hydrogen-bond donors (Lipinski definition) is 1. The Bertz CT molecular complexity index is 743. The van der Waals surface area contributed by atoms with Crippen LogP contribution in [0.2, 0.25) is 0 Å². The van der Waals surface area contributed by atoms with E-state index in [1.807, 2.05) is 12.1 Å². The molecule has 0 spiro atoms. The third-order valence-electron chi connectivity index (χ3n) is 4.39. The number of nitrogens with one attached hydrogen (secondary N) is 1. The lowest BCUT2D eigenvalue weighted by molar-refractivity contribution is -0.146. The third kappa shape index (κ3) is 3.44. The first-order valence-electron chi connectivity index (χ1n) is 8.23. The largest absolute Gasteiger partial charge is 0.465 e. The van der Waals surface area contributed by atoms with Crippen LogP contribution in [0.3, 0.4) is 0 Å². The van der Waals surface area contributed by atoms with E-state index < -0.39 is 6.04 Å². The maximum Gasteiger partial charge on any atom is 0.323 e. The van der Waals surface area contributed by atoms with Crippen LogP contribution in [-0.4, -0.2) is 49.1 Å². The highest BCUT2D eigenvalue weighted by Gasteiger charge is 2.33. The normalized spacial score (nSPS) is 19.0. The van der Waals surface area contributed by atoms with Gasteiger partial charge in [0, 0.05) is 18.3 Å². The first-order chi connectivity index (χ1) is 11.6. The van der Waals surface area contributed by atoms with Crippen molar-refractivity contribution in [1.82, 2.24) is 10.2 Å². The van der Waals surface area contributed by atoms with E-state index >= 15 is 0 Å². The average molecular weight is 346 g/mol.